The van der Waals surface area contributed by atoms with Crippen LogP contribution in [-0.2, 0) is 0 Å². The maximum Gasteiger partial charge on any atom is 0.362 e. The van der Waals surface area contributed by atoms with Gasteiger partial charge in [0.05, 0.1) is 0 Å². The van der Waals surface area contributed by atoms with E-state index < -0.39 is 5.63 Å². The van der Waals surface area contributed by atoms with Gasteiger partial charge in [0, 0.05) is 42.0 Å². The first-order valence-corrected chi connectivity index (χ1v) is 8.27. The van der Waals surface area contributed by atoms with E-state index >= 15 is 0 Å². The van der Waals surface area contributed by atoms with E-state index in [0.29, 0.717) is 11.1 Å². The first-order chi connectivity index (χ1) is 12.1. The molecule has 1 N–H and O–H groups in total. The van der Waals surface area contributed by atoms with Gasteiger partial charge in [0.2, 0.25) is 0 Å². The number of phenolic OH excluding ortho intramolecular Hbond substituents is 1. The van der Waals surface area contributed by atoms with Gasteiger partial charge in [-0.3, -0.25) is 0 Å². The lowest BCUT2D eigenvalue weighted by atomic mass is 10.2. The minimum atomic E-state index is -0.504. The van der Waals surface area contributed by atoms with Crippen molar-refractivity contribution in [2.24, 2.45) is 4.99 Å². The quantitative estimate of drug-likeness (QED) is 0.563. The molecular weight excluding hydrogens is 316 g/mol. The zero-order valence-corrected chi connectivity index (χ0v) is 14.3. The predicted octanol–water partition coefficient (Wildman–Crippen LogP) is 4.10. The van der Waals surface area contributed by atoms with Gasteiger partial charge < -0.3 is 14.4 Å². The summed E-state index contributed by atoms with van der Waals surface area (Å²) in [5, 5.41) is 10.6. The van der Waals surface area contributed by atoms with Gasteiger partial charge in [0.25, 0.3) is 0 Å². The zero-order chi connectivity index (χ0) is 17.8. The van der Waals surface area contributed by atoms with Crippen LogP contribution in [0.15, 0.2) is 62.7 Å². The first-order valence-electron chi connectivity index (χ1n) is 8.27. The molecule has 1 heterocycles. The van der Waals surface area contributed by atoms with E-state index in [1.807, 2.05) is 18.2 Å². The number of aliphatic imine (C=N–C) groups is 1. The molecule has 0 aliphatic rings. The number of para-hydroxylation sites is 1. The molecule has 0 spiro atoms. The van der Waals surface area contributed by atoms with E-state index in [1.165, 1.54) is 6.21 Å². The van der Waals surface area contributed by atoms with Crippen LogP contribution in [-0.4, -0.2) is 24.4 Å². The summed E-state index contributed by atoms with van der Waals surface area (Å²) in [7, 11) is 0. The lowest BCUT2D eigenvalue weighted by Crippen LogP contribution is -2.21. The number of nitrogens with zero attached hydrogens (tertiary/aromatic N) is 2. The standard InChI is InChI=1S/C20H20N2O3/c1-3-22(4-2)16-10-9-14-11-17(20(24)25-19(14)12-16)21-13-15-7-5-6-8-18(15)23/h5-13,23H,3-4H2,1-2H3. The highest BCUT2D eigenvalue weighted by atomic mass is 16.4. The molecule has 0 aliphatic heterocycles. The molecule has 0 fully saturated rings. The van der Waals surface area contributed by atoms with Gasteiger partial charge in [-0.2, -0.15) is 0 Å². The Kier molecular flexibility index (Phi) is 4.84. The van der Waals surface area contributed by atoms with Crippen LogP contribution in [0.3, 0.4) is 0 Å². The van der Waals surface area contributed by atoms with Gasteiger partial charge in [-0.05, 0) is 44.2 Å². The maximum atomic E-state index is 12.2. The molecule has 0 aliphatic carbocycles. The van der Waals surface area contributed by atoms with Gasteiger partial charge in [0.1, 0.15) is 17.0 Å². The van der Waals surface area contributed by atoms with Gasteiger partial charge in [0.15, 0.2) is 0 Å². The second-order valence-electron chi connectivity index (χ2n) is 5.63. The molecule has 0 bridgehead atoms. The molecule has 0 saturated heterocycles. The largest absolute Gasteiger partial charge is 0.507 e. The van der Waals surface area contributed by atoms with E-state index in [1.54, 1.807) is 30.3 Å². The highest BCUT2D eigenvalue weighted by Gasteiger charge is 2.08. The molecule has 0 atom stereocenters. The summed E-state index contributed by atoms with van der Waals surface area (Å²) in [5.41, 5.74) is 1.79. The number of benzene rings is 2. The molecule has 0 saturated carbocycles. The van der Waals surface area contributed by atoms with Crippen LogP contribution in [0.1, 0.15) is 19.4 Å². The average molecular weight is 336 g/mol. The van der Waals surface area contributed by atoms with Crippen molar-refractivity contribution in [1.82, 2.24) is 0 Å². The van der Waals surface area contributed by atoms with Gasteiger partial charge in [-0.1, -0.05) is 12.1 Å². The molecule has 1 aromatic heterocycles. The lowest BCUT2D eigenvalue weighted by molar-refractivity contribution is 0.474. The van der Waals surface area contributed by atoms with Gasteiger partial charge >= 0.3 is 5.63 Å². The highest BCUT2D eigenvalue weighted by Crippen LogP contribution is 2.24. The molecule has 3 aromatic rings. The van der Waals surface area contributed by atoms with Crippen molar-refractivity contribution in [1.29, 1.82) is 0 Å². The first kappa shape index (κ1) is 16.8. The zero-order valence-electron chi connectivity index (χ0n) is 14.3. The third-order valence-corrected chi connectivity index (χ3v) is 4.11. The Hall–Kier alpha value is -3.08. The van der Waals surface area contributed by atoms with Crippen molar-refractivity contribution >= 4 is 28.6 Å². The molecule has 0 radical (unpaired) electrons. The van der Waals surface area contributed by atoms with E-state index in [0.717, 1.165) is 24.2 Å². The fraction of sp³-hybridized carbons (Fsp3) is 0.200. The van der Waals surface area contributed by atoms with E-state index in [4.69, 9.17) is 4.42 Å². The van der Waals surface area contributed by atoms with Gasteiger partial charge in [-0.25, -0.2) is 9.79 Å². The van der Waals surface area contributed by atoms with Crippen LogP contribution >= 0.6 is 0 Å². The van der Waals surface area contributed by atoms with E-state index in [2.05, 4.69) is 23.7 Å². The van der Waals surface area contributed by atoms with Crippen molar-refractivity contribution in [3.8, 4) is 5.75 Å². The molecule has 5 nitrogen and oxygen atoms in total. The topological polar surface area (TPSA) is 66.0 Å². The molecular formula is C20H20N2O3. The second-order valence-corrected chi connectivity index (χ2v) is 5.63. The summed E-state index contributed by atoms with van der Waals surface area (Å²) < 4.78 is 5.43. The van der Waals surface area contributed by atoms with Crippen LogP contribution in [0.5, 0.6) is 5.75 Å². The normalized spacial score (nSPS) is 11.3. The highest BCUT2D eigenvalue weighted by molar-refractivity contribution is 5.87. The molecule has 0 unspecified atom stereocenters. The summed E-state index contributed by atoms with van der Waals surface area (Å²) in [4.78, 5) is 18.6. The molecule has 128 valence electrons. The number of phenols is 1. The summed E-state index contributed by atoms with van der Waals surface area (Å²) in [6, 6.07) is 14.3. The molecule has 2 aromatic carbocycles. The minimum Gasteiger partial charge on any atom is -0.507 e. The third-order valence-electron chi connectivity index (χ3n) is 4.11. The average Bonchev–Trinajstić information content (AvgIpc) is 2.62. The second kappa shape index (κ2) is 7.21. The monoisotopic (exact) mass is 336 g/mol. The minimum absolute atomic E-state index is 0.111. The summed E-state index contributed by atoms with van der Waals surface area (Å²) in [5.74, 6) is 0.111. The van der Waals surface area contributed by atoms with Crippen molar-refractivity contribution in [3.63, 3.8) is 0 Å². The van der Waals surface area contributed by atoms with Crippen LogP contribution in [0.2, 0.25) is 0 Å². The molecule has 3 rings (SSSR count). The van der Waals surface area contributed by atoms with Crippen molar-refractivity contribution in [2.75, 3.05) is 18.0 Å². The molecule has 25 heavy (non-hydrogen) atoms. The number of hydrogen-bond donors (Lipinski definition) is 1. The number of rotatable bonds is 5. The van der Waals surface area contributed by atoms with Crippen LogP contribution in [0.25, 0.3) is 11.0 Å². The summed E-state index contributed by atoms with van der Waals surface area (Å²) in [6.07, 6.45) is 1.46. The Morgan fingerprint density at radius 2 is 1.88 bits per heavy atom. The van der Waals surface area contributed by atoms with Crippen molar-refractivity contribution in [3.05, 3.63) is 64.5 Å². The number of fused-ring (bicyclic) bond motifs is 1. The molecule has 5 heteroatoms. The number of anilines is 1. The Labute approximate surface area is 145 Å². The van der Waals surface area contributed by atoms with Crippen LogP contribution in [0.4, 0.5) is 11.4 Å². The Morgan fingerprint density at radius 3 is 2.60 bits per heavy atom. The fourth-order valence-electron chi connectivity index (χ4n) is 2.70. The van der Waals surface area contributed by atoms with Crippen molar-refractivity contribution < 1.29 is 9.52 Å². The molecule has 0 amide bonds. The summed E-state index contributed by atoms with van der Waals surface area (Å²) in [6.45, 7) is 5.94. The Bertz CT molecular complexity index is 972. The van der Waals surface area contributed by atoms with Crippen LogP contribution < -0.4 is 10.5 Å². The Balaban J connectivity index is 1.98. The third kappa shape index (κ3) is 3.55. The lowest BCUT2D eigenvalue weighted by Gasteiger charge is -2.20. The Morgan fingerprint density at radius 1 is 1.12 bits per heavy atom. The number of hydrogen-bond acceptors (Lipinski definition) is 5. The van der Waals surface area contributed by atoms with Crippen molar-refractivity contribution in [2.45, 2.75) is 13.8 Å². The van der Waals surface area contributed by atoms with E-state index in [-0.39, 0.29) is 11.4 Å². The van der Waals surface area contributed by atoms with Crippen LogP contribution in [0, 0.1) is 0 Å². The van der Waals surface area contributed by atoms with Gasteiger partial charge in [-0.15, -0.1) is 0 Å². The predicted molar refractivity (Wildman–Crippen MR) is 101 cm³/mol. The fourth-order valence-corrected chi connectivity index (χ4v) is 2.70. The SMILES string of the molecule is CCN(CC)c1ccc2cc(N=Cc3ccccc3O)c(=O)oc2c1. The summed E-state index contributed by atoms with van der Waals surface area (Å²) >= 11 is 0. The smallest absolute Gasteiger partial charge is 0.362 e. The maximum absolute atomic E-state index is 12.2. The number of aromatic hydroxyl groups is 1. The van der Waals surface area contributed by atoms with E-state index in [9.17, 15) is 9.90 Å².